The second-order valence-corrected chi connectivity index (χ2v) is 1.50. The van der Waals surface area contributed by atoms with Crippen molar-refractivity contribution in [2.45, 2.75) is 6.92 Å². The maximum atomic E-state index is 8.28. The molecule has 0 fully saturated rings. The van der Waals surface area contributed by atoms with Gasteiger partial charge in [-0.2, -0.15) is 0 Å². The van der Waals surface area contributed by atoms with Crippen molar-refractivity contribution in [2.24, 2.45) is 0 Å². The van der Waals surface area contributed by atoms with Crippen LogP contribution in [-0.2, 0) is 0 Å². The fourth-order valence-corrected chi connectivity index (χ4v) is 0.382. The first-order chi connectivity index (χ1) is 3.91. The van der Waals surface area contributed by atoms with E-state index in [0.29, 0.717) is 6.54 Å². The summed E-state index contributed by atoms with van der Waals surface area (Å²) in [4.78, 5) is 0. The van der Waals surface area contributed by atoms with Gasteiger partial charge in [0.05, 0.1) is 6.61 Å². The van der Waals surface area contributed by atoms with Gasteiger partial charge in [0.25, 0.3) is 0 Å². The smallest absolute Gasteiger partial charge is 0.0556 e. The summed E-state index contributed by atoms with van der Waals surface area (Å²) in [5.41, 5.74) is 0. The average Bonchev–Trinajstić information content (AvgIpc) is 1.81. The highest BCUT2D eigenvalue weighted by atomic mass is 16.3. The zero-order valence-electron chi connectivity index (χ0n) is 5.22. The second-order valence-electron chi connectivity index (χ2n) is 1.50. The molecule has 0 saturated carbocycles. The molecule has 0 aliphatic carbocycles. The summed E-state index contributed by atoms with van der Waals surface area (Å²) in [6.07, 6.45) is 3.99. The van der Waals surface area contributed by atoms with Crippen LogP contribution in [0.25, 0.3) is 0 Å². The first kappa shape index (κ1) is 7.66. The number of aliphatic hydroxyl groups excluding tert-OH is 1. The third-order valence-corrected chi connectivity index (χ3v) is 0.786. The van der Waals surface area contributed by atoms with Crippen molar-refractivity contribution in [1.82, 2.24) is 5.32 Å². The van der Waals surface area contributed by atoms with E-state index in [2.05, 4.69) is 5.32 Å². The molecule has 0 aromatic rings. The minimum absolute atomic E-state index is 0.220. The summed E-state index contributed by atoms with van der Waals surface area (Å²) >= 11 is 0. The first-order valence-electron chi connectivity index (χ1n) is 2.84. The minimum Gasteiger partial charge on any atom is -0.395 e. The lowest BCUT2D eigenvalue weighted by molar-refractivity contribution is 0.294. The number of aliphatic hydroxyl groups is 1. The maximum absolute atomic E-state index is 8.28. The van der Waals surface area contributed by atoms with Gasteiger partial charge in [-0.05, 0) is 6.92 Å². The van der Waals surface area contributed by atoms with E-state index in [1.54, 1.807) is 0 Å². The Kier molecular flexibility index (Phi) is 6.38. The van der Waals surface area contributed by atoms with Crippen LogP contribution in [0.5, 0.6) is 0 Å². The normalized spacial score (nSPS) is 10.8. The van der Waals surface area contributed by atoms with Gasteiger partial charge in [-0.3, -0.25) is 0 Å². The topological polar surface area (TPSA) is 32.3 Å². The molecule has 8 heavy (non-hydrogen) atoms. The molecule has 2 nitrogen and oxygen atoms in total. The Hall–Kier alpha value is -0.340. The Balaban J connectivity index is 2.72. The number of rotatable bonds is 4. The zero-order valence-corrected chi connectivity index (χ0v) is 5.22. The Morgan fingerprint density at radius 1 is 1.62 bits per heavy atom. The van der Waals surface area contributed by atoms with Crippen molar-refractivity contribution < 1.29 is 5.11 Å². The summed E-state index contributed by atoms with van der Waals surface area (Å²) in [7, 11) is 0. The van der Waals surface area contributed by atoms with Crippen LogP contribution in [0.15, 0.2) is 12.2 Å². The van der Waals surface area contributed by atoms with Gasteiger partial charge in [-0.25, -0.2) is 0 Å². The van der Waals surface area contributed by atoms with Gasteiger partial charge in [0.1, 0.15) is 0 Å². The molecule has 0 atom stereocenters. The van der Waals surface area contributed by atoms with Gasteiger partial charge in [-0.1, -0.05) is 12.2 Å². The third-order valence-electron chi connectivity index (χ3n) is 0.786. The molecular weight excluding hydrogens is 102 g/mol. The average molecular weight is 115 g/mol. The molecule has 48 valence electrons. The first-order valence-corrected chi connectivity index (χ1v) is 2.84. The number of allylic oxidation sites excluding steroid dienone is 1. The van der Waals surface area contributed by atoms with Gasteiger partial charge < -0.3 is 10.4 Å². The molecule has 0 amide bonds. The molecule has 0 bridgehead atoms. The van der Waals surface area contributed by atoms with Gasteiger partial charge in [0.2, 0.25) is 0 Å². The van der Waals surface area contributed by atoms with Crippen molar-refractivity contribution in [1.29, 1.82) is 0 Å². The van der Waals surface area contributed by atoms with Crippen molar-refractivity contribution >= 4 is 0 Å². The van der Waals surface area contributed by atoms with Gasteiger partial charge >= 0.3 is 0 Å². The lowest BCUT2D eigenvalue weighted by atomic mass is 10.5. The van der Waals surface area contributed by atoms with Crippen molar-refractivity contribution in [3.63, 3.8) is 0 Å². The minimum atomic E-state index is 0.220. The van der Waals surface area contributed by atoms with Crippen molar-refractivity contribution in [3.05, 3.63) is 12.2 Å². The summed E-state index contributed by atoms with van der Waals surface area (Å²) in [6, 6.07) is 0. The number of hydrogen-bond donors (Lipinski definition) is 2. The van der Waals surface area contributed by atoms with E-state index in [4.69, 9.17) is 5.11 Å². The second kappa shape index (κ2) is 6.66. The SMILES string of the molecule is C/C=C/CNCCO. The quantitative estimate of drug-likeness (QED) is 0.403. The van der Waals surface area contributed by atoms with Crippen LogP contribution in [0.3, 0.4) is 0 Å². The third kappa shape index (κ3) is 5.66. The monoisotopic (exact) mass is 115 g/mol. The molecule has 0 radical (unpaired) electrons. The van der Waals surface area contributed by atoms with Crippen LogP contribution in [0, 0.1) is 0 Å². The van der Waals surface area contributed by atoms with Crippen LogP contribution in [-0.4, -0.2) is 24.8 Å². The lowest BCUT2D eigenvalue weighted by Gasteiger charge is -1.93. The summed E-state index contributed by atoms with van der Waals surface area (Å²) in [5.74, 6) is 0. The lowest BCUT2D eigenvalue weighted by Crippen LogP contribution is -2.17. The molecular formula is C6H13NO. The van der Waals surface area contributed by atoms with E-state index in [1.165, 1.54) is 0 Å². The Morgan fingerprint density at radius 2 is 2.38 bits per heavy atom. The van der Waals surface area contributed by atoms with Crippen LogP contribution in [0.4, 0.5) is 0 Å². The maximum Gasteiger partial charge on any atom is 0.0556 e. The summed E-state index contributed by atoms with van der Waals surface area (Å²) in [6.45, 7) is 3.74. The van der Waals surface area contributed by atoms with E-state index in [0.717, 1.165) is 6.54 Å². The zero-order chi connectivity index (χ0) is 6.24. The van der Waals surface area contributed by atoms with E-state index in [9.17, 15) is 0 Å². The number of nitrogens with one attached hydrogen (secondary N) is 1. The van der Waals surface area contributed by atoms with Crippen LogP contribution < -0.4 is 5.32 Å². The molecule has 0 spiro atoms. The van der Waals surface area contributed by atoms with E-state index in [-0.39, 0.29) is 6.61 Å². The Labute approximate surface area is 50.2 Å². The van der Waals surface area contributed by atoms with Gasteiger partial charge in [0.15, 0.2) is 0 Å². The van der Waals surface area contributed by atoms with Crippen LogP contribution in [0.1, 0.15) is 6.92 Å². The summed E-state index contributed by atoms with van der Waals surface area (Å²) < 4.78 is 0. The van der Waals surface area contributed by atoms with Crippen LogP contribution in [0.2, 0.25) is 0 Å². The van der Waals surface area contributed by atoms with Crippen molar-refractivity contribution in [2.75, 3.05) is 19.7 Å². The highest BCUT2D eigenvalue weighted by Crippen LogP contribution is 1.64. The molecule has 0 saturated heterocycles. The molecule has 0 rings (SSSR count). The fourth-order valence-electron chi connectivity index (χ4n) is 0.382. The predicted molar refractivity (Wildman–Crippen MR) is 34.8 cm³/mol. The highest BCUT2D eigenvalue weighted by molar-refractivity contribution is 4.78. The molecule has 0 unspecified atom stereocenters. The number of hydrogen-bond acceptors (Lipinski definition) is 2. The molecule has 0 aliphatic heterocycles. The van der Waals surface area contributed by atoms with Crippen LogP contribution >= 0.6 is 0 Å². The highest BCUT2D eigenvalue weighted by Gasteiger charge is 1.75. The molecule has 0 aliphatic rings. The summed E-state index contributed by atoms with van der Waals surface area (Å²) in [5, 5.41) is 11.3. The van der Waals surface area contributed by atoms with Crippen molar-refractivity contribution in [3.8, 4) is 0 Å². The standard InChI is InChI=1S/C6H13NO/c1-2-3-4-7-5-6-8/h2-3,7-8H,4-6H2,1H3/b3-2+. The molecule has 0 heterocycles. The van der Waals surface area contributed by atoms with E-state index < -0.39 is 0 Å². The van der Waals surface area contributed by atoms with Gasteiger partial charge in [-0.15, -0.1) is 0 Å². The van der Waals surface area contributed by atoms with Gasteiger partial charge in [0, 0.05) is 13.1 Å². The molecule has 0 aromatic carbocycles. The molecule has 0 aromatic heterocycles. The van der Waals surface area contributed by atoms with E-state index in [1.807, 2.05) is 19.1 Å². The Morgan fingerprint density at radius 3 is 2.88 bits per heavy atom. The fraction of sp³-hybridized carbons (Fsp3) is 0.667. The Bertz CT molecular complexity index is 61.5. The largest absolute Gasteiger partial charge is 0.395 e. The van der Waals surface area contributed by atoms with E-state index >= 15 is 0 Å². The molecule has 2 heteroatoms. The molecule has 2 N–H and O–H groups in total. The predicted octanol–water partition coefficient (Wildman–Crippen LogP) is 0.144.